The lowest BCUT2D eigenvalue weighted by Crippen LogP contribution is -2.29. The molecular weight excluding hydrogens is 480 g/mol. The number of nitrogens with one attached hydrogen (secondary N) is 2. The van der Waals surface area contributed by atoms with Gasteiger partial charge in [0.15, 0.2) is 0 Å². The molecule has 178 valence electrons. The number of carboxylic acids is 1. The molecule has 0 aliphatic heterocycles. The number of sulfonamides is 1. The summed E-state index contributed by atoms with van der Waals surface area (Å²) in [6, 6.07) is 14.7. The first-order valence-corrected chi connectivity index (χ1v) is 12.0. The summed E-state index contributed by atoms with van der Waals surface area (Å²) in [6.45, 7) is 2.90. The van der Waals surface area contributed by atoms with Crippen LogP contribution in [0.5, 0.6) is 5.75 Å². The van der Waals surface area contributed by atoms with Crippen molar-refractivity contribution in [1.29, 1.82) is 0 Å². The van der Waals surface area contributed by atoms with Crippen molar-refractivity contribution in [1.82, 2.24) is 5.32 Å². The molecule has 0 radical (unpaired) electrons. The normalized spacial score (nSPS) is 11.1. The van der Waals surface area contributed by atoms with Crippen molar-refractivity contribution in [3.05, 3.63) is 76.3 Å². The summed E-state index contributed by atoms with van der Waals surface area (Å²) in [5.74, 6) is -1.49. The van der Waals surface area contributed by atoms with Gasteiger partial charge in [0.05, 0.1) is 17.6 Å². The van der Waals surface area contributed by atoms with Crippen molar-refractivity contribution in [2.75, 3.05) is 18.4 Å². The largest absolute Gasteiger partial charge is 0.496 e. The molecule has 0 heterocycles. The van der Waals surface area contributed by atoms with E-state index in [2.05, 4.69) is 10.0 Å². The van der Waals surface area contributed by atoms with Gasteiger partial charge in [0.2, 0.25) is 0 Å². The molecule has 3 aromatic rings. The maximum Gasteiger partial charge on any atom is 0.322 e. The lowest BCUT2D eigenvalue weighted by atomic mass is 10.0. The zero-order chi connectivity index (χ0) is 25.0. The Morgan fingerprint density at radius 2 is 1.71 bits per heavy atom. The van der Waals surface area contributed by atoms with E-state index in [1.54, 1.807) is 56.3 Å². The van der Waals surface area contributed by atoms with Crippen molar-refractivity contribution in [2.24, 2.45) is 0 Å². The standard InChI is InChI=1S/C24H23ClN2O6S/c1-14-10-22(15(2)9-20(14)25)34(31,32)27-18-6-4-5-16(11-18)17-7-8-19(21(12-17)33-3)24(30)26-13-23(28)29/h4-12,27H,13H2,1-3H3,(H,26,30)(H,28,29). The summed E-state index contributed by atoms with van der Waals surface area (Å²) in [7, 11) is -2.46. The number of carbonyl (C=O) groups excluding carboxylic acids is 1. The van der Waals surface area contributed by atoms with E-state index in [0.29, 0.717) is 33.0 Å². The van der Waals surface area contributed by atoms with Crippen LogP contribution in [0.2, 0.25) is 5.02 Å². The van der Waals surface area contributed by atoms with Crippen LogP contribution in [0.1, 0.15) is 21.5 Å². The fourth-order valence-corrected chi connectivity index (χ4v) is 4.91. The van der Waals surface area contributed by atoms with Gasteiger partial charge in [0, 0.05) is 10.7 Å². The minimum absolute atomic E-state index is 0.137. The van der Waals surface area contributed by atoms with E-state index in [9.17, 15) is 18.0 Å². The van der Waals surface area contributed by atoms with E-state index in [0.717, 1.165) is 0 Å². The maximum atomic E-state index is 13.0. The zero-order valence-electron chi connectivity index (χ0n) is 18.7. The third-order valence-corrected chi connectivity index (χ3v) is 6.97. The summed E-state index contributed by atoms with van der Waals surface area (Å²) >= 11 is 6.09. The Morgan fingerprint density at radius 1 is 1.00 bits per heavy atom. The number of anilines is 1. The first-order valence-electron chi connectivity index (χ1n) is 10.1. The molecule has 10 heteroatoms. The van der Waals surface area contributed by atoms with E-state index >= 15 is 0 Å². The van der Waals surface area contributed by atoms with Crippen LogP contribution in [0.25, 0.3) is 11.1 Å². The molecule has 3 N–H and O–H groups in total. The Bertz CT molecular complexity index is 1370. The van der Waals surface area contributed by atoms with Crippen molar-refractivity contribution in [2.45, 2.75) is 18.7 Å². The van der Waals surface area contributed by atoms with E-state index < -0.39 is 28.4 Å². The van der Waals surface area contributed by atoms with E-state index in [4.69, 9.17) is 21.4 Å². The average Bonchev–Trinajstić information content (AvgIpc) is 2.79. The summed E-state index contributed by atoms with van der Waals surface area (Å²) in [5, 5.41) is 11.5. The highest BCUT2D eigenvalue weighted by Crippen LogP contribution is 2.30. The quantitative estimate of drug-likeness (QED) is 0.423. The lowest BCUT2D eigenvalue weighted by Gasteiger charge is -2.14. The molecule has 0 unspecified atom stereocenters. The number of amides is 1. The number of aryl methyl sites for hydroxylation is 2. The Balaban J connectivity index is 1.90. The van der Waals surface area contributed by atoms with Gasteiger partial charge in [0.1, 0.15) is 12.3 Å². The highest BCUT2D eigenvalue weighted by Gasteiger charge is 2.19. The number of carboxylic acid groups (broad SMARTS) is 1. The first kappa shape index (κ1) is 25.1. The van der Waals surface area contributed by atoms with Gasteiger partial charge in [-0.3, -0.25) is 14.3 Å². The topological polar surface area (TPSA) is 122 Å². The smallest absolute Gasteiger partial charge is 0.322 e. The van der Waals surface area contributed by atoms with Crippen LogP contribution >= 0.6 is 11.6 Å². The van der Waals surface area contributed by atoms with E-state index in [1.807, 2.05) is 0 Å². The molecule has 8 nitrogen and oxygen atoms in total. The molecule has 0 fully saturated rings. The van der Waals surface area contributed by atoms with E-state index in [1.165, 1.54) is 19.2 Å². The molecule has 3 aromatic carbocycles. The lowest BCUT2D eigenvalue weighted by molar-refractivity contribution is -0.135. The molecule has 3 rings (SSSR count). The fraction of sp³-hybridized carbons (Fsp3) is 0.167. The zero-order valence-corrected chi connectivity index (χ0v) is 20.3. The number of halogens is 1. The Labute approximate surface area is 202 Å². The first-order chi connectivity index (χ1) is 16.0. The number of aliphatic carboxylic acids is 1. The number of hydrogen-bond donors (Lipinski definition) is 3. The van der Waals surface area contributed by atoms with Crippen LogP contribution in [0.15, 0.2) is 59.5 Å². The summed E-state index contributed by atoms with van der Waals surface area (Å²) in [5.41, 5.74) is 3.07. The van der Waals surface area contributed by atoms with Crippen LogP contribution in [0.3, 0.4) is 0 Å². The molecule has 0 saturated carbocycles. The Hall–Kier alpha value is -3.56. The van der Waals surface area contributed by atoms with Crippen molar-refractivity contribution in [3.8, 4) is 16.9 Å². The summed E-state index contributed by atoms with van der Waals surface area (Å²) in [6.07, 6.45) is 0. The Morgan fingerprint density at radius 3 is 2.38 bits per heavy atom. The van der Waals surface area contributed by atoms with Gasteiger partial charge in [0.25, 0.3) is 15.9 Å². The van der Waals surface area contributed by atoms with Gasteiger partial charge in [-0.15, -0.1) is 0 Å². The molecule has 0 aliphatic carbocycles. The maximum absolute atomic E-state index is 13.0. The second kappa shape index (κ2) is 10.1. The third-order valence-electron chi connectivity index (χ3n) is 5.04. The number of benzene rings is 3. The van der Waals surface area contributed by atoms with Crippen molar-refractivity contribution in [3.63, 3.8) is 0 Å². The predicted octanol–water partition coefficient (Wildman–Crippen LogP) is 4.25. The molecule has 34 heavy (non-hydrogen) atoms. The van der Waals surface area contributed by atoms with Crippen LogP contribution in [-0.2, 0) is 14.8 Å². The molecule has 0 aliphatic rings. The van der Waals surface area contributed by atoms with E-state index in [-0.39, 0.29) is 16.2 Å². The van der Waals surface area contributed by atoms with Gasteiger partial charge in [-0.25, -0.2) is 8.42 Å². The molecule has 1 amide bonds. The van der Waals surface area contributed by atoms with Crippen molar-refractivity contribution >= 4 is 39.2 Å². The number of ether oxygens (including phenoxy) is 1. The minimum atomic E-state index is -3.86. The molecule has 0 aromatic heterocycles. The average molecular weight is 503 g/mol. The summed E-state index contributed by atoms with van der Waals surface area (Å²) in [4.78, 5) is 23.1. The monoisotopic (exact) mass is 502 g/mol. The SMILES string of the molecule is COc1cc(-c2cccc(NS(=O)(=O)c3cc(C)c(Cl)cc3C)c2)ccc1C(=O)NCC(=O)O. The van der Waals surface area contributed by atoms with Gasteiger partial charge in [-0.1, -0.05) is 29.8 Å². The second-order valence-electron chi connectivity index (χ2n) is 7.54. The molecule has 0 atom stereocenters. The number of hydrogen-bond acceptors (Lipinski definition) is 5. The number of carbonyl (C=O) groups is 2. The van der Waals surface area contributed by atoms with Gasteiger partial charge in [-0.2, -0.15) is 0 Å². The van der Waals surface area contributed by atoms with Crippen LogP contribution in [0.4, 0.5) is 5.69 Å². The fourth-order valence-electron chi connectivity index (χ4n) is 3.33. The second-order valence-corrected chi connectivity index (χ2v) is 9.60. The van der Waals surface area contributed by atoms with Crippen LogP contribution in [0, 0.1) is 13.8 Å². The molecule has 0 bridgehead atoms. The summed E-state index contributed by atoms with van der Waals surface area (Å²) < 4.78 is 33.9. The molecular formula is C24H23ClN2O6S. The minimum Gasteiger partial charge on any atom is -0.496 e. The number of methoxy groups -OCH3 is 1. The number of rotatable bonds is 8. The van der Waals surface area contributed by atoms with Crippen molar-refractivity contribution < 1.29 is 27.9 Å². The Kier molecular flexibility index (Phi) is 7.48. The van der Waals surface area contributed by atoms with Gasteiger partial charge < -0.3 is 15.2 Å². The van der Waals surface area contributed by atoms with Crippen LogP contribution < -0.4 is 14.8 Å². The predicted molar refractivity (Wildman–Crippen MR) is 130 cm³/mol. The van der Waals surface area contributed by atoms with Crippen LogP contribution in [-0.4, -0.2) is 39.1 Å². The highest BCUT2D eigenvalue weighted by molar-refractivity contribution is 7.92. The highest BCUT2D eigenvalue weighted by atomic mass is 35.5. The molecule has 0 spiro atoms. The third kappa shape index (κ3) is 5.67. The molecule has 0 saturated heterocycles. The van der Waals surface area contributed by atoms with Gasteiger partial charge in [-0.05, 0) is 72.5 Å². The van der Waals surface area contributed by atoms with Gasteiger partial charge >= 0.3 is 5.97 Å².